The van der Waals surface area contributed by atoms with Gasteiger partial charge in [0.1, 0.15) is 0 Å². The Bertz CT molecular complexity index is 558. The average Bonchev–Trinajstić information content (AvgIpc) is 2.85. The molecule has 3 N–H and O–H groups in total. The van der Waals surface area contributed by atoms with Crippen LogP contribution in [0.4, 0.5) is 10.5 Å². The third-order valence-electron chi connectivity index (χ3n) is 3.90. The molecule has 3 rings (SSSR count). The molecular weight excluding hydrogens is 256 g/mol. The predicted octanol–water partition coefficient (Wildman–Crippen LogP) is 0.179. The molecule has 0 aromatic heterocycles. The normalized spacial score (nSPS) is 18.8. The van der Waals surface area contributed by atoms with Crippen molar-refractivity contribution in [1.29, 1.82) is 0 Å². The van der Waals surface area contributed by atoms with E-state index >= 15 is 0 Å². The van der Waals surface area contributed by atoms with Crippen LogP contribution in [0.3, 0.4) is 0 Å². The zero-order valence-corrected chi connectivity index (χ0v) is 11.3. The summed E-state index contributed by atoms with van der Waals surface area (Å²) in [5.74, 6) is -0.132. The van der Waals surface area contributed by atoms with Gasteiger partial charge in [-0.1, -0.05) is 12.1 Å². The van der Waals surface area contributed by atoms with Crippen LogP contribution < -0.4 is 11.1 Å². The highest BCUT2D eigenvalue weighted by Gasteiger charge is 2.28. The lowest BCUT2D eigenvalue weighted by molar-refractivity contribution is -0.129. The van der Waals surface area contributed by atoms with E-state index in [0.29, 0.717) is 19.6 Å². The van der Waals surface area contributed by atoms with Gasteiger partial charge >= 0.3 is 6.03 Å². The minimum Gasteiger partial charge on any atom is -0.398 e. The molecule has 106 valence electrons. The first kappa shape index (κ1) is 12.9. The first-order valence-electron chi connectivity index (χ1n) is 6.82. The van der Waals surface area contributed by atoms with Crippen LogP contribution >= 0.6 is 0 Å². The van der Waals surface area contributed by atoms with Gasteiger partial charge in [-0.2, -0.15) is 0 Å². The quantitative estimate of drug-likeness (QED) is 0.754. The van der Waals surface area contributed by atoms with Gasteiger partial charge in [-0.25, -0.2) is 4.79 Å². The molecule has 0 spiro atoms. The van der Waals surface area contributed by atoms with Crippen molar-refractivity contribution < 1.29 is 9.59 Å². The number of nitrogens with zero attached hydrogens (tertiary/aromatic N) is 2. The summed E-state index contributed by atoms with van der Waals surface area (Å²) >= 11 is 0. The summed E-state index contributed by atoms with van der Waals surface area (Å²) in [4.78, 5) is 26.9. The smallest absolute Gasteiger partial charge is 0.324 e. The Hall–Kier alpha value is -2.08. The lowest BCUT2D eigenvalue weighted by Gasteiger charge is -2.29. The van der Waals surface area contributed by atoms with E-state index in [1.165, 1.54) is 16.0 Å². The van der Waals surface area contributed by atoms with E-state index in [1.807, 2.05) is 18.2 Å². The Balaban J connectivity index is 1.66. The van der Waals surface area contributed by atoms with Gasteiger partial charge in [-0.15, -0.1) is 0 Å². The first-order valence-corrected chi connectivity index (χ1v) is 6.82. The van der Waals surface area contributed by atoms with Crippen LogP contribution in [0.15, 0.2) is 18.2 Å². The van der Waals surface area contributed by atoms with Crippen molar-refractivity contribution in [2.75, 3.05) is 31.9 Å². The van der Waals surface area contributed by atoms with Gasteiger partial charge in [0.2, 0.25) is 5.91 Å². The number of nitrogen functional groups attached to an aromatic ring is 1. The Morgan fingerprint density at radius 3 is 2.95 bits per heavy atom. The van der Waals surface area contributed by atoms with Crippen LogP contribution in [0.25, 0.3) is 0 Å². The van der Waals surface area contributed by atoms with E-state index in [-0.39, 0.29) is 18.5 Å². The van der Waals surface area contributed by atoms with Crippen molar-refractivity contribution in [1.82, 2.24) is 15.1 Å². The van der Waals surface area contributed by atoms with Gasteiger partial charge in [0.05, 0.1) is 6.54 Å². The van der Waals surface area contributed by atoms with Crippen molar-refractivity contribution in [3.05, 3.63) is 29.3 Å². The average molecular weight is 274 g/mol. The monoisotopic (exact) mass is 274 g/mol. The van der Waals surface area contributed by atoms with E-state index in [0.717, 1.165) is 18.7 Å². The number of anilines is 1. The van der Waals surface area contributed by atoms with Gasteiger partial charge in [-0.05, 0) is 23.6 Å². The summed E-state index contributed by atoms with van der Waals surface area (Å²) in [6.07, 6.45) is 0.849. The summed E-state index contributed by atoms with van der Waals surface area (Å²) in [6.45, 7) is 2.80. The van der Waals surface area contributed by atoms with Gasteiger partial charge in [0.15, 0.2) is 0 Å². The molecule has 1 aromatic rings. The van der Waals surface area contributed by atoms with Crippen molar-refractivity contribution in [3.8, 4) is 0 Å². The number of benzene rings is 1. The number of fused-ring (bicyclic) bond motifs is 1. The minimum absolute atomic E-state index is 0.132. The molecule has 6 nitrogen and oxygen atoms in total. The Morgan fingerprint density at radius 2 is 2.20 bits per heavy atom. The highest BCUT2D eigenvalue weighted by atomic mass is 16.2. The van der Waals surface area contributed by atoms with Crippen LogP contribution in [0, 0.1) is 0 Å². The van der Waals surface area contributed by atoms with Crippen LogP contribution in [0.2, 0.25) is 0 Å². The molecule has 20 heavy (non-hydrogen) atoms. The van der Waals surface area contributed by atoms with E-state index < -0.39 is 0 Å². The zero-order chi connectivity index (χ0) is 14.1. The number of urea groups is 1. The third-order valence-corrected chi connectivity index (χ3v) is 3.90. The van der Waals surface area contributed by atoms with Crippen molar-refractivity contribution in [2.24, 2.45) is 0 Å². The predicted molar refractivity (Wildman–Crippen MR) is 74.9 cm³/mol. The number of carbonyl (C=O) groups is 2. The fourth-order valence-electron chi connectivity index (χ4n) is 2.82. The number of imide groups is 1. The Kier molecular flexibility index (Phi) is 3.31. The van der Waals surface area contributed by atoms with Crippen LogP contribution in [0.5, 0.6) is 0 Å². The van der Waals surface area contributed by atoms with Crippen molar-refractivity contribution >= 4 is 17.6 Å². The van der Waals surface area contributed by atoms with Crippen molar-refractivity contribution in [3.63, 3.8) is 0 Å². The maximum Gasteiger partial charge on any atom is 0.324 e. The Morgan fingerprint density at radius 1 is 1.35 bits per heavy atom. The second kappa shape index (κ2) is 5.13. The number of nitrogens with one attached hydrogen (secondary N) is 1. The van der Waals surface area contributed by atoms with Gasteiger partial charge in [-0.3, -0.25) is 14.6 Å². The van der Waals surface area contributed by atoms with Crippen LogP contribution in [-0.2, 0) is 17.8 Å². The van der Waals surface area contributed by atoms with E-state index in [1.54, 1.807) is 0 Å². The molecule has 0 atom stereocenters. The minimum atomic E-state index is -0.281. The number of hydrogen-bond donors (Lipinski definition) is 2. The van der Waals surface area contributed by atoms with Crippen LogP contribution in [0.1, 0.15) is 11.1 Å². The molecule has 2 aliphatic rings. The summed E-state index contributed by atoms with van der Waals surface area (Å²) in [6, 6.07) is 5.61. The molecule has 0 unspecified atom stereocenters. The largest absolute Gasteiger partial charge is 0.398 e. The number of carbonyl (C=O) groups excluding carboxylic acids is 2. The number of rotatable bonds is 2. The summed E-state index contributed by atoms with van der Waals surface area (Å²) < 4.78 is 0. The fraction of sp³-hybridized carbons (Fsp3) is 0.429. The summed E-state index contributed by atoms with van der Waals surface area (Å²) in [5.41, 5.74) is 9.15. The molecule has 0 bridgehead atoms. The lowest BCUT2D eigenvalue weighted by atomic mass is 9.98. The molecule has 6 heteroatoms. The second-order valence-corrected chi connectivity index (χ2v) is 5.22. The molecule has 1 fully saturated rings. The molecule has 1 saturated heterocycles. The molecule has 3 amide bonds. The topological polar surface area (TPSA) is 78.7 Å². The summed E-state index contributed by atoms with van der Waals surface area (Å²) in [5, 5.41) is 2.64. The summed E-state index contributed by atoms with van der Waals surface area (Å²) in [7, 11) is 0. The highest BCUT2D eigenvalue weighted by Crippen LogP contribution is 2.23. The molecule has 1 aromatic carbocycles. The zero-order valence-electron chi connectivity index (χ0n) is 11.3. The number of nitrogens with two attached hydrogens (primary N) is 1. The number of hydrogen-bond acceptors (Lipinski definition) is 4. The maximum atomic E-state index is 12.1. The maximum absolute atomic E-state index is 12.1. The third kappa shape index (κ3) is 2.34. The lowest BCUT2D eigenvalue weighted by Crippen LogP contribution is -2.43. The van der Waals surface area contributed by atoms with E-state index in [4.69, 9.17) is 5.73 Å². The molecule has 2 aliphatic heterocycles. The van der Waals surface area contributed by atoms with E-state index in [9.17, 15) is 9.59 Å². The number of amides is 3. The fourth-order valence-corrected chi connectivity index (χ4v) is 2.82. The van der Waals surface area contributed by atoms with Gasteiger partial charge in [0, 0.05) is 31.9 Å². The van der Waals surface area contributed by atoms with Gasteiger partial charge < -0.3 is 11.1 Å². The Labute approximate surface area is 117 Å². The van der Waals surface area contributed by atoms with Crippen LogP contribution in [-0.4, -0.2) is 47.9 Å². The SMILES string of the molecule is Nc1cccc2c1CCN(CC(=O)N1CCNC1=O)C2. The highest BCUT2D eigenvalue weighted by molar-refractivity contribution is 5.96. The molecule has 0 saturated carbocycles. The first-order chi connectivity index (χ1) is 9.65. The molecular formula is C14H18N4O2. The molecule has 0 aliphatic carbocycles. The molecule has 2 heterocycles. The van der Waals surface area contributed by atoms with Gasteiger partial charge in [0.25, 0.3) is 0 Å². The van der Waals surface area contributed by atoms with E-state index in [2.05, 4.69) is 10.2 Å². The second-order valence-electron chi connectivity index (χ2n) is 5.22. The standard InChI is InChI=1S/C14H18N4O2/c15-12-3-1-2-10-8-17(6-4-11(10)12)9-13(19)18-7-5-16-14(18)20/h1-3H,4-9,15H2,(H,16,20). The van der Waals surface area contributed by atoms with Crippen molar-refractivity contribution in [2.45, 2.75) is 13.0 Å². The molecule has 0 radical (unpaired) electrons.